The number of nitrogens with two attached hydrogens (primary N) is 1. The molecular formula is C10H15NO. The van der Waals surface area contributed by atoms with Crippen molar-refractivity contribution in [1.29, 1.82) is 0 Å². The first-order valence-electron chi connectivity index (χ1n) is 4.11. The molecule has 12 heavy (non-hydrogen) atoms. The fraction of sp³-hybridized carbons (Fsp3) is 0.300. The molecule has 0 atom stereocenters. The molecule has 0 heterocycles. The van der Waals surface area contributed by atoms with Gasteiger partial charge < -0.3 is 5.73 Å². The van der Waals surface area contributed by atoms with Gasteiger partial charge in [0.15, 0.2) is 0 Å². The molecule has 0 aliphatic rings. The van der Waals surface area contributed by atoms with Gasteiger partial charge in [-0.25, -0.2) is 0 Å². The lowest BCUT2D eigenvalue weighted by molar-refractivity contribution is 0.112. The molecule has 0 aliphatic carbocycles. The molecule has 1 aromatic carbocycles. The third-order valence-corrected chi connectivity index (χ3v) is 1.35. The van der Waals surface area contributed by atoms with E-state index in [1.54, 1.807) is 12.1 Å². The van der Waals surface area contributed by atoms with Crippen molar-refractivity contribution < 1.29 is 4.79 Å². The van der Waals surface area contributed by atoms with Gasteiger partial charge in [0, 0.05) is 12.1 Å². The van der Waals surface area contributed by atoms with Crippen LogP contribution in [-0.2, 0) is 6.54 Å². The molecule has 0 aromatic heterocycles. The lowest BCUT2D eigenvalue weighted by Crippen LogP contribution is -1.95. The van der Waals surface area contributed by atoms with Crippen LogP contribution in [0.15, 0.2) is 24.3 Å². The summed E-state index contributed by atoms with van der Waals surface area (Å²) in [6.45, 7) is 4.53. The van der Waals surface area contributed by atoms with Gasteiger partial charge in [-0.1, -0.05) is 38.1 Å². The maximum absolute atomic E-state index is 10.2. The van der Waals surface area contributed by atoms with Gasteiger partial charge in [0.2, 0.25) is 0 Å². The molecule has 0 spiro atoms. The highest BCUT2D eigenvalue weighted by atomic mass is 16.1. The normalized spacial score (nSPS) is 8.25. The molecule has 2 nitrogen and oxygen atoms in total. The van der Waals surface area contributed by atoms with E-state index in [1.165, 1.54) is 0 Å². The smallest absolute Gasteiger partial charge is 0.150 e. The van der Waals surface area contributed by atoms with Gasteiger partial charge in [0.05, 0.1) is 0 Å². The average Bonchev–Trinajstić information content (AvgIpc) is 2.21. The molecule has 2 N–H and O–H groups in total. The Morgan fingerprint density at radius 3 is 2.08 bits per heavy atom. The summed E-state index contributed by atoms with van der Waals surface area (Å²) in [6.07, 6.45) is 0.820. The second kappa shape index (κ2) is 6.55. The number of hydrogen-bond acceptors (Lipinski definition) is 2. The van der Waals surface area contributed by atoms with Gasteiger partial charge in [-0.2, -0.15) is 0 Å². The Balaban J connectivity index is 0.000000561. The van der Waals surface area contributed by atoms with Crippen LogP contribution in [0, 0.1) is 0 Å². The standard InChI is InChI=1S/C8H9NO.C2H6/c9-5-7-1-3-8(6-10)4-2-7;1-2/h1-4,6H,5,9H2;1-2H3. The topological polar surface area (TPSA) is 43.1 Å². The van der Waals surface area contributed by atoms with E-state index in [9.17, 15) is 4.79 Å². The van der Waals surface area contributed by atoms with Crippen molar-refractivity contribution in [3.63, 3.8) is 0 Å². The largest absolute Gasteiger partial charge is 0.326 e. The first-order valence-corrected chi connectivity index (χ1v) is 4.11. The highest BCUT2D eigenvalue weighted by Gasteiger charge is 1.88. The first-order chi connectivity index (χ1) is 5.86. The molecule has 1 rings (SSSR count). The maximum Gasteiger partial charge on any atom is 0.150 e. The Bertz CT molecular complexity index is 216. The van der Waals surface area contributed by atoms with E-state index >= 15 is 0 Å². The van der Waals surface area contributed by atoms with Crippen LogP contribution >= 0.6 is 0 Å². The number of rotatable bonds is 2. The molecule has 0 aliphatic heterocycles. The molecule has 0 saturated carbocycles. The predicted molar refractivity (Wildman–Crippen MR) is 51.1 cm³/mol. The molecule has 0 amide bonds. The molecule has 66 valence electrons. The number of carbonyl (C=O) groups is 1. The Hall–Kier alpha value is -1.15. The summed E-state index contributed by atoms with van der Waals surface area (Å²) in [5.41, 5.74) is 7.09. The minimum Gasteiger partial charge on any atom is -0.326 e. The molecule has 2 heteroatoms. The van der Waals surface area contributed by atoms with E-state index in [0.29, 0.717) is 12.1 Å². The van der Waals surface area contributed by atoms with Crippen LogP contribution in [0.2, 0.25) is 0 Å². The van der Waals surface area contributed by atoms with E-state index in [0.717, 1.165) is 11.8 Å². The van der Waals surface area contributed by atoms with Crippen LogP contribution in [0.4, 0.5) is 0 Å². The molecule has 0 fully saturated rings. The minimum atomic E-state index is 0.527. The second-order valence-electron chi connectivity index (χ2n) is 2.06. The van der Waals surface area contributed by atoms with E-state index in [1.807, 2.05) is 26.0 Å². The van der Waals surface area contributed by atoms with E-state index < -0.39 is 0 Å². The molecule has 0 unspecified atom stereocenters. The third-order valence-electron chi connectivity index (χ3n) is 1.35. The van der Waals surface area contributed by atoms with Crippen LogP contribution in [0.3, 0.4) is 0 Å². The highest BCUT2D eigenvalue weighted by molar-refractivity contribution is 5.74. The Kier molecular flexibility index (Phi) is 5.93. The molecule has 1 aromatic rings. The van der Waals surface area contributed by atoms with Gasteiger partial charge in [-0.05, 0) is 5.56 Å². The molecule has 0 saturated heterocycles. The third kappa shape index (κ3) is 3.30. The van der Waals surface area contributed by atoms with Gasteiger partial charge >= 0.3 is 0 Å². The summed E-state index contributed by atoms with van der Waals surface area (Å²) in [5.74, 6) is 0. The summed E-state index contributed by atoms with van der Waals surface area (Å²) < 4.78 is 0. The SMILES string of the molecule is CC.NCc1ccc(C=O)cc1. The monoisotopic (exact) mass is 165 g/mol. The van der Waals surface area contributed by atoms with Gasteiger partial charge in [0.25, 0.3) is 0 Å². The van der Waals surface area contributed by atoms with E-state index in [4.69, 9.17) is 5.73 Å². The summed E-state index contributed by atoms with van der Waals surface area (Å²) in [5, 5.41) is 0. The van der Waals surface area contributed by atoms with Crippen molar-refractivity contribution in [2.45, 2.75) is 20.4 Å². The second-order valence-corrected chi connectivity index (χ2v) is 2.06. The summed E-state index contributed by atoms with van der Waals surface area (Å²) in [4.78, 5) is 10.2. The van der Waals surface area contributed by atoms with Crippen molar-refractivity contribution in [3.8, 4) is 0 Å². The molecule has 0 bridgehead atoms. The zero-order valence-corrected chi connectivity index (χ0v) is 7.58. The quantitative estimate of drug-likeness (QED) is 0.681. The zero-order valence-electron chi connectivity index (χ0n) is 7.58. The Morgan fingerprint density at radius 1 is 1.25 bits per heavy atom. The fourth-order valence-electron chi connectivity index (χ4n) is 0.732. The van der Waals surface area contributed by atoms with Gasteiger partial charge in [-0.15, -0.1) is 0 Å². The van der Waals surface area contributed by atoms with Crippen molar-refractivity contribution in [2.24, 2.45) is 5.73 Å². The minimum absolute atomic E-state index is 0.527. The van der Waals surface area contributed by atoms with Crippen LogP contribution in [-0.4, -0.2) is 6.29 Å². The molecule has 0 radical (unpaired) electrons. The van der Waals surface area contributed by atoms with Gasteiger partial charge in [-0.3, -0.25) is 4.79 Å². The van der Waals surface area contributed by atoms with Crippen molar-refractivity contribution >= 4 is 6.29 Å². The van der Waals surface area contributed by atoms with Crippen LogP contribution < -0.4 is 5.73 Å². The fourth-order valence-corrected chi connectivity index (χ4v) is 0.732. The Labute approximate surface area is 73.4 Å². The summed E-state index contributed by atoms with van der Waals surface area (Å²) >= 11 is 0. The van der Waals surface area contributed by atoms with Crippen molar-refractivity contribution in [1.82, 2.24) is 0 Å². The number of hydrogen-bond donors (Lipinski definition) is 1. The van der Waals surface area contributed by atoms with E-state index in [-0.39, 0.29) is 0 Å². The summed E-state index contributed by atoms with van der Waals surface area (Å²) in [6, 6.07) is 7.22. The predicted octanol–water partition coefficient (Wildman–Crippen LogP) is 1.98. The van der Waals surface area contributed by atoms with Crippen LogP contribution in [0.25, 0.3) is 0 Å². The maximum atomic E-state index is 10.2. The number of aldehydes is 1. The van der Waals surface area contributed by atoms with Crippen molar-refractivity contribution in [2.75, 3.05) is 0 Å². The average molecular weight is 165 g/mol. The van der Waals surface area contributed by atoms with E-state index in [2.05, 4.69) is 0 Å². The van der Waals surface area contributed by atoms with Gasteiger partial charge in [0.1, 0.15) is 6.29 Å². The Morgan fingerprint density at radius 2 is 1.75 bits per heavy atom. The van der Waals surface area contributed by atoms with Crippen LogP contribution in [0.5, 0.6) is 0 Å². The summed E-state index contributed by atoms with van der Waals surface area (Å²) in [7, 11) is 0. The zero-order chi connectivity index (χ0) is 9.40. The lowest BCUT2D eigenvalue weighted by Gasteiger charge is -1.93. The lowest BCUT2D eigenvalue weighted by atomic mass is 10.1. The van der Waals surface area contributed by atoms with Crippen LogP contribution in [0.1, 0.15) is 29.8 Å². The first kappa shape index (κ1) is 10.8. The van der Waals surface area contributed by atoms with Crippen molar-refractivity contribution in [3.05, 3.63) is 35.4 Å². The highest BCUT2D eigenvalue weighted by Crippen LogP contribution is 2.00. The number of benzene rings is 1. The number of carbonyl (C=O) groups excluding carboxylic acids is 1. The molecular weight excluding hydrogens is 150 g/mol.